The number of hydrogen-bond acceptors (Lipinski definition) is 3. The molecule has 50 valence electrons. The first-order chi connectivity index (χ1) is 4.75. The van der Waals surface area contributed by atoms with E-state index >= 15 is 0 Å². The average molecular weight is 135 g/mol. The molecule has 1 rings (SSSR count). The highest BCUT2D eigenvalue weighted by molar-refractivity contribution is 5.37. The zero-order valence-electron chi connectivity index (χ0n) is 4.92. The predicted octanol–water partition coefficient (Wildman–Crippen LogP) is -0.680. The van der Waals surface area contributed by atoms with Crippen LogP contribution in [-0.4, -0.2) is 4.98 Å². The standard InChI is InChI=1S/C6H4N2O2/c7-3-4-5(9)1-2-8-6(4)10/h1-2H,(H2,8,9,10)/p-1. The number of hydrogen-bond donors (Lipinski definition) is 1. The van der Waals surface area contributed by atoms with Crippen molar-refractivity contribution in [2.45, 2.75) is 0 Å². The summed E-state index contributed by atoms with van der Waals surface area (Å²) in [6, 6.07) is 2.65. The summed E-state index contributed by atoms with van der Waals surface area (Å²) >= 11 is 0. The fourth-order valence-electron chi connectivity index (χ4n) is 0.566. The lowest BCUT2D eigenvalue weighted by Gasteiger charge is -2.03. The van der Waals surface area contributed by atoms with E-state index in [2.05, 4.69) is 4.98 Å². The van der Waals surface area contributed by atoms with Crippen LogP contribution in [-0.2, 0) is 0 Å². The number of aromatic nitrogens is 1. The summed E-state index contributed by atoms with van der Waals surface area (Å²) < 4.78 is 0. The summed E-state index contributed by atoms with van der Waals surface area (Å²) in [5, 5.41) is 18.9. The first-order valence-electron chi connectivity index (χ1n) is 2.54. The molecule has 10 heavy (non-hydrogen) atoms. The van der Waals surface area contributed by atoms with Crippen LogP contribution >= 0.6 is 0 Å². The van der Waals surface area contributed by atoms with Crippen molar-refractivity contribution in [3.63, 3.8) is 0 Å². The number of rotatable bonds is 0. The molecule has 1 N–H and O–H groups in total. The molecule has 0 aromatic carbocycles. The molecular formula is C6H3N2O2-. The summed E-state index contributed by atoms with van der Waals surface area (Å²) in [5.41, 5.74) is -0.988. The van der Waals surface area contributed by atoms with Gasteiger partial charge < -0.3 is 10.1 Å². The molecule has 0 bridgehead atoms. The number of nitrogens with zero attached hydrogens (tertiary/aromatic N) is 1. The van der Waals surface area contributed by atoms with Crippen LogP contribution in [0.1, 0.15) is 5.56 Å². The maximum atomic E-state index is 10.6. The number of aromatic amines is 1. The monoisotopic (exact) mass is 135 g/mol. The van der Waals surface area contributed by atoms with E-state index in [0.29, 0.717) is 0 Å². The first-order valence-corrected chi connectivity index (χ1v) is 2.54. The Hall–Kier alpha value is -1.76. The van der Waals surface area contributed by atoms with Gasteiger partial charge in [-0.15, -0.1) is 0 Å². The Bertz CT molecular complexity index is 334. The van der Waals surface area contributed by atoms with Crippen molar-refractivity contribution in [2.24, 2.45) is 0 Å². The lowest BCUT2D eigenvalue weighted by Crippen LogP contribution is -2.11. The molecule has 4 heteroatoms. The van der Waals surface area contributed by atoms with E-state index in [4.69, 9.17) is 5.26 Å². The van der Waals surface area contributed by atoms with Crippen molar-refractivity contribution in [1.82, 2.24) is 4.98 Å². The highest BCUT2D eigenvalue weighted by atomic mass is 16.3. The van der Waals surface area contributed by atoms with Crippen LogP contribution in [0.2, 0.25) is 0 Å². The van der Waals surface area contributed by atoms with Crippen LogP contribution < -0.4 is 10.7 Å². The van der Waals surface area contributed by atoms with E-state index < -0.39 is 11.3 Å². The van der Waals surface area contributed by atoms with Gasteiger partial charge in [-0.2, -0.15) is 5.26 Å². The zero-order chi connectivity index (χ0) is 7.56. The molecule has 0 saturated heterocycles. The predicted molar refractivity (Wildman–Crippen MR) is 31.2 cm³/mol. The largest absolute Gasteiger partial charge is 0.871 e. The Morgan fingerprint density at radius 3 is 2.80 bits per heavy atom. The molecule has 0 unspecified atom stereocenters. The quantitative estimate of drug-likeness (QED) is 0.511. The summed E-state index contributed by atoms with van der Waals surface area (Å²) in [7, 11) is 0. The third kappa shape index (κ3) is 0.845. The van der Waals surface area contributed by atoms with Crippen molar-refractivity contribution in [1.29, 1.82) is 5.26 Å². The van der Waals surface area contributed by atoms with Crippen LogP contribution in [0.25, 0.3) is 0 Å². The minimum absolute atomic E-state index is 0.359. The van der Waals surface area contributed by atoms with E-state index in [1.807, 2.05) is 0 Å². The Labute approximate surface area is 56.4 Å². The molecule has 4 nitrogen and oxygen atoms in total. The number of pyridine rings is 1. The minimum atomic E-state index is -0.630. The molecule has 0 amide bonds. The smallest absolute Gasteiger partial charge is 0.265 e. The molecule has 0 spiro atoms. The van der Waals surface area contributed by atoms with Gasteiger partial charge in [0.25, 0.3) is 5.56 Å². The Morgan fingerprint density at radius 1 is 1.70 bits per heavy atom. The highest BCUT2D eigenvalue weighted by Crippen LogP contribution is 2.02. The molecule has 0 atom stereocenters. The fourth-order valence-corrected chi connectivity index (χ4v) is 0.566. The second kappa shape index (κ2) is 2.23. The van der Waals surface area contributed by atoms with Gasteiger partial charge in [-0.3, -0.25) is 4.79 Å². The Kier molecular flexibility index (Phi) is 1.42. The molecule has 0 saturated carbocycles. The van der Waals surface area contributed by atoms with Gasteiger partial charge in [0.1, 0.15) is 11.6 Å². The summed E-state index contributed by atoms with van der Waals surface area (Å²) in [6.45, 7) is 0. The van der Waals surface area contributed by atoms with Crippen LogP contribution in [0.15, 0.2) is 17.1 Å². The lowest BCUT2D eigenvalue weighted by molar-refractivity contribution is -0.268. The van der Waals surface area contributed by atoms with Crippen molar-refractivity contribution in [3.05, 3.63) is 28.2 Å². The molecule has 1 aromatic rings. The number of nitriles is 1. The van der Waals surface area contributed by atoms with Gasteiger partial charge in [0.2, 0.25) is 0 Å². The van der Waals surface area contributed by atoms with Gasteiger partial charge in [-0.05, 0) is 0 Å². The molecule has 1 heterocycles. The third-order valence-corrected chi connectivity index (χ3v) is 1.03. The van der Waals surface area contributed by atoms with E-state index in [9.17, 15) is 9.90 Å². The number of nitrogens with one attached hydrogen (secondary N) is 1. The maximum absolute atomic E-state index is 10.6. The summed E-state index contributed by atoms with van der Waals surface area (Å²) in [5.74, 6) is -0.536. The van der Waals surface area contributed by atoms with Gasteiger partial charge in [-0.1, -0.05) is 11.8 Å². The van der Waals surface area contributed by atoms with E-state index in [-0.39, 0.29) is 5.56 Å². The summed E-state index contributed by atoms with van der Waals surface area (Å²) in [4.78, 5) is 12.8. The Balaban J connectivity index is 3.50. The van der Waals surface area contributed by atoms with E-state index in [1.165, 1.54) is 12.3 Å². The first kappa shape index (κ1) is 6.36. The number of H-pyrrole nitrogens is 1. The van der Waals surface area contributed by atoms with Crippen molar-refractivity contribution in [3.8, 4) is 11.8 Å². The average Bonchev–Trinajstić information content (AvgIpc) is 1.88. The molecule has 0 aliphatic carbocycles. The van der Waals surface area contributed by atoms with Crippen LogP contribution in [0.4, 0.5) is 0 Å². The van der Waals surface area contributed by atoms with E-state index in [1.54, 1.807) is 0 Å². The SMILES string of the molecule is N#Cc1c([O-])cc[nH]c1=O. The van der Waals surface area contributed by atoms with Crippen LogP contribution in [0, 0.1) is 11.3 Å². The second-order valence-electron chi connectivity index (χ2n) is 1.66. The lowest BCUT2D eigenvalue weighted by atomic mass is 10.3. The molecule has 0 fully saturated rings. The van der Waals surface area contributed by atoms with Crippen molar-refractivity contribution in [2.75, 3.05) is 0 Å². The minimum Gasteiger partial charge on any atom is -0.871 e. The van der Waals surface area contributed by atoms with Crippen LogP contribution in [0.5, 0.6) is 5.75 Å². The van der Waals surface area contributed by atoms with Gasteiger partial charge in [0.15, 0.2) is 0 Å². The van der Waals surface area contributed by atoms with Crippen molar-refractivity contribution >= 4 is 0 Å². The van der Waals surface area contributed by atoms with Gasteiger partial charge in [0, 0.05) is 6.20 Å². The zero-order valence-corrected chi connectivity index (χ0v) is 4.92. The molecule has 0 aliphatic heterocycles. The molecule has 1 aromatic heterocycles. The van der Waals surface area contributed by atoms with Crippen molar-refractivity contribution < 1.29 is 5.11 Å². The fraction of sp³-hybridized carbons (Fsp3) is 0. The normalized spacial score (nSPS) is 8.70. The Morgan fingerprint density at radius 2 is 2.40 bits per heavy atom. The van der Waals surface area contributed by atoms with Crippen LogP contribution in [0.3, 0.4) is 0 Å². The molecular weight excluding hydrogens is 132 g/mol. The third-order valence-electron chi connectivity index (χ3n) is 1.03. The van der Waals surface area contributed by atoms with E-state index in [0.717, 1.165) is 6.07 Å². The molecule has 0 aliphatic rings. The van der Waals surface area contributed by atoms with Gasteiger partial charge >= 0.3 is 0 Å². The summed E-state index contributed by atoms with van der Waals surface area (Å²) in [6.07, 6.45) is 1.21. The topological polar surface area (TPSA) is 79.7 Å². The molecule has 0 radical (unpaired) electrons. The highest BCUT2D eigenvalue weighted by Gasteiger charge is 1.94. The van der Waals surface area contributed by atoms with Gasteiger partial charge in [0.05, 0.1) is 0 Å². The maximum Gasteiger partial charge on any atom is 0.265 e. The van der Waals surface area contributed by atoms with Gasteiger partial charge in [-0.25, -0.2) is 0 Å². The second-order valence-corrected chi connectivity index (χ2v) is 1.66.